The number of benzene rings is 1. The summed E-state index contributed by atoms with van der Waals surface area (Å²) >= 11 is 5.99. The van der Waals surface area contributed by atoms with Gasteiger partial charge in [-0.05, 0) is 36.5 Å². The van der Waals surface area contributed by atoms with Gasteiger partial charge in [-0.1, -0.05) is 69.5 Å². The SMILES string of the molecule is CCCC(CCC)S(=O)(=O)C[C@@H](NC(=O)c1cncc(Cl)c1)C(=O)N(Cc1cccc(CC)c1)C[C@@H](O)CN. The molecule has 0 aliphatic rings. The number of carbonyl (C=O) groups is 2. The van der Waals surface area contributed by atoms with Gasteiger partial charge in [-0.2, -0.15) is 0 Å². The van der Waals surface area contributed by atoms with Crippen molar-refractivity contribution in [2.24, 2.45) is 5.73 Å². The van der Waals surface area contributed by atoms with Crippen LogP contribution in [0.3, 0.4) is 0 Å². The largest absolute Gasteiger partial charge is 0.390 e. The fourth-order valence-electron chi connectivity index (χ4n) is 4.42. The first-order valence-corrected chi connectivity index (χ1v) is 15.5. The molecule has 9 nitrogen and oxygen atoms in total. The number of halogens is 1. The van der Waals surface area contributed by atoms with E-state index in [1.807, 2.05) is 45.0 Å². The highest BCUT2D eigenvalue weighted by Crippen LogP contribution is 2.19. The first kappa shape index (κ1) is 32.7. The summed E-state index contributed by atoms with van der Waals surface area (Å²) in [5.74, 6) is -1.86. The van der Waals surface area contributed by atoms with Gasteiger partial charge >= 0.3 is 0 Å². The van der Waals surface area contributed by atoms with Crippen molar-refractivity contribution in [1.82, 2.24) is 15.2 Å². The maximum atomic E-state index is 14.0. The fourth-order valence-corrected chi connectivity index (χ4v) is 6.74. The van der Waals surface area contributed by atoms with E-state index >= 15 is 0 Å². The molecule has 0 aliphatic heterocycles. The molecular weight excluding hydrogens is 540 g/mol. The molecule has 11 heteroatoms. The van der Waals surface area contributed by atoms with Crippen LogP contribution in [0.25, 0.3) is 0 Å². The Bertz CT molecular complexity index is 1190. The lowest BCUT2D eigenvalue weighted by Gasteiger charge is -2.30. The monoisotopic (exact) mass is 580 g/mol. The van der Waals surface area contributed by atoms with E-state index in [1.54, 1.807) is 0 Å². The first-order valence-electron chi connectivity index (χ1n) is 13.4. The van der Waals surface area contributed by atoms with Gasteiger partial charge in [0.2, 0.25) is 5.91 Å². The van der Waals surface area contributed by atoms with E-state index in [0.717, 1.165) is 17.5 Å². The topological polar surface area (TPSA) is 143 Å². The molecule has 2 atom stereocenters. The number of nitrogens with zero attached hydrogens (tertiary/aromatic N) is 2. The third-order valence-corrected chi connectivity index (χ3v) is 8.98. The van der Waals surface area contributed by atoms with Crippen LogP contribution in [-0.4, -0.2) is 71.5 Å². The van der Waals surface area contributed by atoms with Gasteiger partial charge in [0.25, 0.3) is 5.91 Å². The number of hydrogen-bond acceptors (Lipinski definition) is 7. The number of aliphatic hydroxyl groups excluding tert-OH is 1. The molecule has 2 amide bonds. The number of aliphatic hydroxyl groups is 1. The number of carbonyl (C=O) groups excluding carboxylic acids is 2. The van der Waals surface area contributed by atoms with Gasteiger partial charge < -0.3 is 21.1 Å². The van der Waals surface area contributed by atoms with Crippen LogP contribution in [0.15, 0.2) is 42.7 Å². The lowest BCUT2D eigenvalue weighted by Crippen LogP contribution is -2.54. The molecule has 1 aromatic carbocycles. The van der Waals surface area contributed by atoms with E-state index in [1.165, 1.54) is 23.4 Å². The van der Waals surface area contributed by atoms with Crippen LogP contribution < -0.4 is 11.1 Å². The third-order valence-electron chi connectivity index (χ3n) is 6.49. The summed E-state index contributed by atoms with van der Waals surface area (Å²) < 4.78 is 27.0. The Morgan fingerprint density at radius 3 is 2.36 bits per heavy atom. The van der Waals surface area contributed by atoms with Crippen LogP contribution in [0.1, 0.15) is 67.9 Å². The minimum Gasteiger partial charge on any atom is -0.390 e. The molecule has 2 rings (SSSR count). The van der Waals surface area contributed by atoms with Crippen LogP contribution in [-0.2, 0) is 27.6 Å². The summed E-state index contributed by atoms with van der Waals surface area (Å²) in [7, 11) is -3.77. The number of aromatic nitrogens is 1. The lowest BCUT2D eigenvalue weighted by molar-refractivity contribution is -0.134. The number of aryl methyl sites for hydroxylation is 1. The molecule has 0 saturated carbocycles. The van der Waals surface area contributed by atoms with Crippen molar-refractivity contribution in [1.29, 1.82) is 0 Å². The molecule has 0 radical (unpaired) electrons. The van der Waals surface area contributed by atoms with Gasteiger partial charge in [0.05, 0.1) is 27.7 Å². The minimum absolute atomic E-state index is 0.0860. The Hall–Kier alpha value is -2.53. The summed E-state index contributed by atoms with van der Waals surface area (Å²) in [6.07, 6.45) is 4.70. The van der Waals surface area contributed by atoms with Crippen molar-refractivity contribution in [3.8, 4) is 0 Å². The molecule has 0 saturated heterocycles. The quantitative estimate of drug-likeness (QED) is 0.277. The molecule has 0 unspecified atom stereocenters. The van der Waals surface area contributed by atoms with Crippen LogP contribution in [0.4, 0.5) is 0 Å². The first-order chi connectivity index (χ1) is 18.5. The van der Waals surface area contributed by atoms with Crippen molar-refractivity contribution < 1.29 is 23.1 Å². The molecule has 4 N–H and O–H groups in total. The van der Waals surface area contributed by atoms with Gasteiger partial charge in [-0.15, -0.1) is 0 Å². The van der Waals surface area contributed by atoms with Crippen molar-refractivity contribution >= 4 is 33.3 Å². The second kappa shape index (κ2) is 15.9. The summed E-state index contributed by atoms with van der Waals surface area (Å²) in [5, 5.41) is 12.6. The standard InChI is InChI=1S/C28H41ClN4O5S/c1-4-8-25(9-5-2)39(37,38)19-26(32-27(35)22-13-23(29)16-31-15-22)28(36)33(18-24(34)14-30)17-21-11-7-10-20(6-3)12-21/h7,10-13,15-16,24-26,34H,4-6,8-9,14,17-19,30H2,1-3H3,(H,32,35)/t24-,26+/m0/s1. The van der Waals surface area contributed by atoms with Crippen molar-refractivity contribution in [3.63, 3.8) is 0 Å². The number of rotatable bonds is 16. The van der Waals surface area contributed by atoms with Gasteiger partial charge in [-0.25, -0.2) is 8.42 Å². The Morgan fingerprint density at radius 1 is 1.10 bits per heavy atom. The van der Waals surface area contributed by atoms with Crippen molar-refractivity contribution in [3.05, 3.63) is 64.4 Å². The Balaban J connectivity index is 2.47. The zero-order chi connectivity index (χ0) is 29.0. The summed E-state index contributed by atoms with van der Waals surface area (Å²) in [6.45, 7) is 5.75. The maximum absolute atomic E-state index is 14.0. The fraction of sp³-hybridized carbons (Fsp3) is 0.536. The second-order valence-electron chi connectivity index (χ2n) is 9.73. The number of pyridine rings is 1. The highest BCUT2D eigenvalue weighted by molar-refractivity contribution is 7.92. The summed E-state index contributed by atoms with van der Waals surface area (Å²) in [4.78, 5) is 32.3. The Kier molecular flexibility index (Phi) is 13.3. The van der Waals surface area contributed by atoms with Crippen LogP contribution in [0.5, 0.6) is 0 Å². The molecule has 0 fully saturated rings. The average molecular weight is 581 g/mol. The van der Waals surface area contributed by atoms with E-state index < -0.39 is 44.8 Å². The van der Waals surface area contributed by atoms with E-state index in [4.69, 9.17) is 17.3 Å². The summed E-state index contributed by atoms with van der Waals surface area (Å²) in [5.41, 5.74) is 7.62. The number of amides is 2. The molecular formula is C28H41ClN4O5S. The van der Waals surface area contributed by atoms with E-state index in [2.05, 4.69) is 10.3 Å². The van der Waals surface area contributed by atoms with Crippen molar-refractivity contribution in [2.45, 2.75) is 76.8 Å². The third kappa shape index (κ3) is 10.2. The zero-order valence-electron chi connectivity index (χ0n) is 23.0. The molecule has 1 heterocycles. The van der Waals surface area contributed by atoms with Crippen LogP contribution in [0, 0.1) is 0 Å². The number of hydrogen-bond donors (Lipinski definition) is 3. The predicted octanol–water partition coefficient (Wildman–Crippen LogP) is 3.13. The molecule has 2 aromatic rings. The Morgan fingerprint density at radius 2 is 1.77 bits per heavy atom. The summed E-state index contributed by atoms with van der Waals surface area (Å²) in [6, 6.07) is 7.66. The van der Waals surface area contributed by atoms with Crippen molar-refractivity contribution in [2.75, 3.05) is 18.8 Å². The molecule has 216 valence electrons. The Labute approximate surface area is 237 Å². The van der Waals surface area contributed by atoms with E-state index in [0.29, 0.717) is 25.7 Å². The maximum Gasteiger partial charge on any atom is 0.253 e. The molecule has 1 aromatic heterocycles. The highest BCUT2D eigenvalue weighted by atomic mass is 35.5. The van der Waals surface area contributed by atoms with Gasteiger partial charge in [-0.3, -0.25) is 14.6 Å². The minimum atomic E-state index is -3.77. The van der Waals surface area contributed by atoms with Crippen LogP contribution >= 0.6 is 11.6 Å². The van der Waals surface area contributed by atoms with E-state index in [9.17, 15) is 23.1 Å². The second-order valence-corrected chi connectivity index (χ2v) is 12.5. The molecule has 0 bridgehead atoms. The lowest BCUT2D eigenvalue weighted by atomic mass is 10.1. The number of sulfone groups is 1. The smallest absolute Gasteiger partial charge is 0.253 e. The van der Waals surface area contributed by atoms with Gasteiger partial charge in [0.15, 0.2) is 9.84 Å². The number of nitrogens with two attached hydrogens (primary N) is 1. The van der Waals surface area contributed by atoms with E-state index in [-0.39, 0.29) is 30.2 Å². The molecule has 39 heavy (non-hydrogen) atoms. The molecule has 0 spiro atoms. The van der Waals surface area contributed by atoms with Crippen LogP contribution in [0.2, 0.25) is 5.02 Å². The highest BCUT2D eigenvalue weighted by Gasteiger charge is 2.35. The average Bonchev–Trinajstić information content (AvgIpc) is 2.91. The van der Waals surface area contributed by atoms with Gasteiger partial charge in [0.1, 0.15) is 6.04 Å². The zero-order valence-corrected chi connectivity index (χ0v) is 24.5. The normalized spacial score (nSPS) is 13.2. The van der Waals surface area contributed by atoms with Gasteiger partial charge in [0, 0.05) is 32.0 Å². The molecule has 0 aliphatic carbocycles. The number of nitrogens with one attached hydrogen (secondary N) is 1. The predicted molar refractivity (Wildman–Crippen MR) is 154 cm³/mol.